The molecule has 0 aromatic rings. The van der Waals surface area contributed by atoms with E-state index in [9.17, 15) is 19.2 Å². The van der Waals surface area contributed by atoms with Crippen LogP contribution in [0.5, 0.6) is 0 Å². The number of hydrogen-bond acceptors (Lipinski definition) is 7. The molecule has 3 unspecified atom stereocenters. The largest absolute Gasteiger partial charge is 0.480 e. The van der Waals surface area contributed by atoms with Crippen LogP contribution in [0.2, 0.25) is 0 Å². The van der Waals surface area contributed by atoms with E-state index in [0.717, 1.165) is 5.75 Å². The number of nitrogens with one attached hydrogen (secondary N) is 3. The fourth-order valence-corrected chi connectivity index (χ4v) is 2.57. The van der Waals surface area contributed by atoms with Crippen molar-refractivity contribution >= 4 is 35.5 Å². The highest BCUT2D eigenvalue weighted by molar-refractivity contribution is 7.98. The van der Waals surface area contributed by atoms with Crippen LogP contribution < -0.4 is 27.4 Å². The lowest BCUT2D eigenvalue weighted by Crippen LogP contribution is -2.52. The Morgan fingerprint density at radius 2 is 1.74 bits per heavy atom. The molecule has 0 aliphatic rings. The summed E-state index contributed by atoms with van der Waals surface area (Å²) in [5.41, 5.74) is 11.1. The minimum absolute atomic E-state index is 0.253. The van der Waals surface area contributed by atoms with Gasteiger partial charge in [-0.3, -0.25) is 14.4 Å². The molecule has 156 valence electrons. The molecule has 11 heteroatoms. The van der Waals surface area contributed by atoms with E-state index in [1.54, 1.807) is 11.8 Å². The SMILES string of the molecule is CSCCC(N)C(=O)NCC(=O)NC(C)C(=O)NC(CCCCN)C(=O)O. The van der Waals surface area contributed by atoms with E-state index in [1.165, 1.54) is 6.92 Å². The molecule has 3 amide bonds. The summed E-state index contributed by atoms with van der Waals surface area (Å²) in [6, 6.07) is -2.69. The van der Waals surface area contributed by atoms with E-state index in [0.29, 0.717) is 25.8 Å². The van der Waals surface area contributed by atoms with Crippen molar-refractivity contribution in [1.82, 2.24) is 16.0 Å². The molecule has 0 radical (unpaired) electrons. The number of carboxylic acid groups (broad SMARTS) is 1. The molecule has 0 heterocycles. The van der Waals surface area contributed by atoms with Crippen LogP contribution in [0, 0.1) is 0 Å². The summed E-state index contributed by atoms with van der Waals surface area (Å²) < 4.78 is 0. The van der Waals surface area contributed by atoms with Gasteiger partial charge in [-0.25, -0.2) is 4.79 Å². The van der Waals surface area contributed by atoms with Gasteiger partial charge in [0.2, 0.25) is 17.7 Å². The van der Waals surface area contributed by atoms with Crippen LogP contribution in [-0.2, 0) is 19.2 Å². The number of carbonyl (C=O) groups excluding carboxylic acids is 3. The van der Waals surface area contributed by atoms with Gasteiger partial charge in [-0.05, 0) is 51.2 Å². The molecule has 0 aromatic carbocycles. The summed E-state index contributed by atoms with van der Waals surface area (Å²) in [4.78, 5) is 46.9. The van der Waals surface area contributed by atoms with Crippen LogP contribution in [0.3, 0.4) is 0 Å². The summed E-state index contributed by atoms with van der Waals surface area (Å²) in [7, 11) is 0. The second-order valence-electron chi connectivity index (χ2n) is 6.08. The average molecular weight is 406 g/mol. The van der Waals surface area contributed by atoms with Crippen LogP contribution in [0.1, 0.15) is 32.6 Å². The summed E-state index contributed by atoms with van der Waals surface area (Å²) in [6.45, 7) is 1.56. The summed E-state index contributed by atoms with van der Waals surface area (Å²) in [6.07, 6.45) is 3.87. The number of carboxylic acids is 1. The van der Waals surface area contributed by atoms with E-state index in [2.05, 4.69) is 16.0 Å². The van der Waals surface area contributed by atoms with E-state index in [1.807, 2.05) is 6.26 Å². The normalized spacial score (nSPS) is 13.9. The lowest BCUT2D eigenvalue weighted by molar-refractivity contribution is -0.142. The van der Waals surface area contributed by atoms with Crippen LogP contribution in [0.4, 0.5) is 0 Å². The predicted molar refractivity (Wildman–Crippen MR) is 104 cm³/mol. The minimum atomic E-state index is -1.15. The Labute approximate surface area is 163 Å². The molecule has 0 bridgehead atoms. The van der Waals surface area contributed by atoms with Gasteiger partial charge in [-0.2, -0.15) is 11.8 Å². The van der Waals surface area contributed by atoms with Crippen molar-refractivity contribution in [2.45, 2.75) is 50.7 Å². The molecule has 0 aliphatic heterocycles. The van der Waals surface area contributed by atoms with Gasteiger partial charge in [-0.1, -0.05) is 0 Å². The van der Waals surface area contributed by atoms with Gasteiger partial charge in [0.25, 0.3) is 0 Å². The number of aliphatic carboxylic acids is 1. The lowest BCUT2D eigenvalue weighted by atomic mass is 10.1. The number of rotatable bonds is 14. The number of amides is 3. The topological polar surface area (TPSA) is 177 Å². The monoisotopic (exact) mass is 405 g/mol. The van der Waals surface area contributed by atoms with Gasteiger partial charge in [0.05, 0.1) is 12.6 Å². The number of unbranched alkanes of at least 4 members (excludes halogenated alkanes) is 1. The van der Waals surface area contributed by atoms with Gasteiger partial charge in [0.1, 0.15) is 12.1 Å². The van der Waals surface area contributed by atoms with Crippen LogP contribution >= 0.6 is 11.8 Å². The number of thioether (sulfide) groups is 1. The van der Waals surface area contributed by atoms with Crippen molar-refractivity contribution in [1.29, 1.82) is 0 Å². The highest BCUT2D eigenvalue weighted by Gasteiger charge is 2.23. The molecule has 0 aromatic heterocycles. The Kier molecular flexibility index (Phi) is 13.3. The maximum Gasteiger partial charge on any atom is 0.326 e. The molecule has 10 nitrogen and oxygen atoms in total. The van der Waals surface area contributed by atoms with Crippen molar-refractivity contribution < 1.29 is 24.3 Å². The zero-order valence-electron chi connectivity index (χ0n) is 15.8. The highest BCUT2D eigenvalue weighted by atomic mass is 32.2. The Morgan fingerprint density at radius 1 is 1.07 bits per heavy atom. The third-order valence-corrected chi connectivity index (χ3v) is 4.37. The van der Waals surface area contributed by atoms with Gasteiger partial charge < -0.3 is 32.5 Å². The van der Waals surface area contributed by atoms with Crippen molar-refractivity contribution in [3.63, 3.8) is 0 Å². The second-order valence-corrected chi connectivity index (χ2v) is 7.06. The Hall–Kier alpha value is -1.85. The first-order valence-electron chi connectivity index (χ1n) is 8.77. The van der Waals surface area contributed by atoms with Crippen molar-refractivity contribution in [2.24, 2.45) is 11.5 Å². The fraction of sp³-hybridized carbons (Fsp3) is 0.750. The predicted octanol–water partition coefficient (Wildman–Crippen LogP) is -1.61. The molecule has 0 saturated carbocycles. The first-order valence-corrected chi connectivity index (χ1v) is 10.2. The summed E-state index contributed by atoms with van der Waals surface area (Å²) in [5, 5.41) is 16.3. The number of hydrogen-bond donors (Lipinski definition) is 6. The first-order chi connectivity index (χ1) is 12.7. The minimum Gasteiger partial charge on any atom is -0.480 e. The Bertz CT molecular complexity index is 506. The van der Waals surface area contributed by atoms with Crippen molar-refractivity contribution in [2.75, 3.05) is 25.1 Å². The molecule has 8 N–H and O–H groups in total. The smallest absolute Gasteiger partial charge is 0.326 e. The van der Waals surface area contributed by atoms with Crippen LogP contribution in [-0.4, -0.2) is 72.0 Å². The number of nitrogens with two attached hydrogens (primary N) is 2. The fourth-order valence-electron chi connectivity index (χ4n) is 2.08. The van der Waals surface area contributed by atoms with Gasteiger partial charge >= 0.3 is 5.97 Å². The third kappa shape index (κ3) is 11.5. The first kappa shape index (κ1) is 25.1. The molecule has 3 atom stereocenters. The summed E-state index contributed by atoms with van der Waals surface area (Å²) >= 11 is 1.56. The Morgan fingerprint density at radius 3 is 2.30 bits per heavy atom. The molecular formula is C16H31N5O5S. The summed E-state index contributed by atoms with van der Waals surface area (Å²) in [5.74, 6) is -2.05. The molecular weight excluding hydrogens is 374 g/mol. The van der Waals surface area contributed by atoms with E-state index in [-0.39, 0.29) is 13.0 Å². The van der Waals surface area contributed by atoms with Crippen molar-refractivity contribution in [3.05, 3.63) is 0 Å². The van der Waals surface area contributed by atoms with Crippen molar-refractivity contribution in [3.8, 4) is 0 Å². The average Bonchev–Trinajstić information content (AvgIpc) is 2.62. The van der Waals surface area contributed by atoms with Crippen LogP contribution in [0.25, 0.3) is 0 Å². The zero-order chi connectivity index (χ0) is 20.8. The third-order valence-electron chi connectivity index (χ3n) is 3.73. The highest BCUT2D eigenvalue weighted by Crippen LogP contribution is 2.01. The molecule has 0 fully saturated rings. The van der Waals surface area contributed by atoms with Gasteiger partial charge in [0, 0.05) is 0 Å². The molecule has 27 heavy (non-hydrogen) atoms. The van der Waals surface area contributed by atoms with Crippen LogP contribution in [0.15, 0.2) is 0 Å². The maximum atomic E-state index is 12.1. The second kappa shape index (κ2) is 14.2. The zero-order valence-corrected chi connectivity index (χ0v) is 16.6. The molecule has 0 aliphatic carbocycles. The van der Waals surface area contributed by atoms with Gasteiger partial charge in [0.15, 0.2) is 0 Å². The Balaban J connectivity index is 4.33. The van der Waals surface area contributed by atoms with E-state index < -0.39 is 41.8 Å². The van der Waals surface area contributed by atoms with E-state index in [4.69, 9.17) is 16.6 Å². The lowest BCUT2D eigenvalue weighted by Gasteiger charge is -2.19. The quantitative estimate of drug-likeness (QED) is 0.187. The molecule has 0 saturated heterocycles. The molecule has 0 rings (SSSR count). The maximum absolute atomic E-state index is 12.1. The molecule has 0 spiro atoms. The van der Waals surface area contributed by atoms with Gasteiger partial charge in [-0.15, -0.1) is 0 Å². The van der Waals surface area contributed by atoms with E-state index >= 15 is 0 Å². The number of carbonyl (C=O) groups is 4. The standard InChI is InChI=1S/C16H31N5O5S/c1-10(14(23)21-12(16(25)26)5-3-4-7-17)20-13(22)9-19-15(24)11(18)6-8-27-2/h10-12H,3-9,17-18H2,1-2H3,(H,19,24)(H,20,22)(H,21,23)(H,25,26).